The van der Waals surface area contributed by atoms with E-state index in [1.165, 1.54) is 11.3 Å². The Morgan fingerprint density at radius 2 is 1.54 bits per heavy atom. The van der Waals surface area contributed by atoms with Crippen molar-refractivity contribution in [2.45, 2.75) is 26.8 Å². The molecule has 0 radical (unpaired) electrons. The van der Waals surface area contributed by atoms with Crippen molar-refractivity contribution in [3.63, 3.8) is 0 Å². The van der Waals surface area contributed by atoms with Crippen molar-refractivity contribution in [3.05, 3.63) is 162 Å². The summed E-state index contributed by atoms with van der Waals surface area (Å²) in [7, 11) is 0. The maximum atomic E-state index is 14.6. The summed E-state index contributed by atoms with van der Waals surface area (Å²) in [4.78, 5) is 33.3. The molecule has 0 amide bonds. The molecule has 0 spiro atoms. The molecule has 6 aromatic rings. The van der Waals surface area contributed by atoms with Gasteiger partial charge >= 0.3 is 5.97 Å². The number of allylic oxidation sites excluding steroid dienone is 1. The number of thiazole rings is 1. The highest BCUT2D eigenvalue weighted by molar-refractivity contribution is 9.10. The quantitative estimate of drug-likeness (QED) is 0.140. The van der Waals surface area contributed by atoms with Crippen LogP contribution in [0.3, 0.4) is 0 Å². The lowest BCUT2D eigenvalue weighted by Gasteiger charge is -2.24. The van der Waals surface area contributed by atoms with Gasteiger partial charge in [-0.25, -0.2) is 9.79 Å². The van der Waals surface area contributed by atoms with Gasteiger partial charge in [0, 0.05) is 15.7 Å². The fraction of sp³-hybridized carbons (Fsp3) is 0.146. The predicted molar refractivity (Wildman–Crippen MR) is 202 cm³/mol. The summed E-state index contributed by atoms with van der Waals surface area (Å²) in [6.07, 6.45) is 1.95. The van der Waals surface area contributed by atoms with E-state index in [9.17, 15) is 9.59 Å². The van der Waals surface area contributed by atoms with Crippen molar-refractivity contribution in [2.24, 2.45) is 4.99 Å². The minimum Gasteiger partial charge on any atom is -0.494 e. The Hall–Kier alpha value is -5.25. The van der Waals surface area contributed by atoms with E-state index < -0.39 is 12.0 Å². The Morgan fingerprint density at radius 1 is 0.880 bits per heavy atom. The van der Waals surface area contributed by atoms with E-state index in [1.54, 1.807) is 18.4 Å². The van der Waals surface area contributed by atoms with Gasteiger partial charge in [0.15, 0.2) is 4.80 Å². The Balaban J connectivity index is 1.48. The Labute approximate surface area is 302 Å². The van der Waals surface area contributed by atoms with Crippen LogP contribution in [0.2, 0.25) is 0 Å². The van der Waals surface area contributed by atoms with Crippen molar-refractivity contribution in [1.82, 2.24) is 9.13 Å². The number of hydrogen-bond donors (Lipinski definition) is 0. The summed E-state index contributed by atoms with van der Waals surface area (Å²) in [5.41, 5.74) is 7.22. The lowest BCUT2D eigenvalue weighted by molar-refractivity contribution is -0.139. The van der Waals surface area contributed by atoms with E-state index in [2.05, 4.69) is 63.0 Å². The monoisotopic (exact) mass is 743 g/mol. The molecule has 7 nitrogen and oxygen atoms in total. The fourth-order valence-electron chi connectivity index (χ4n) is 6.37. The normalized spacial score (nSPS) is 14.3. The lowest BCUT2D eigenvalue weighted by Crippen LogP contribution is -2.39. The first-order valence-corrected chi connectivity index (χ1v) is 18.0. The van der Waals surface area contributed by atoms with Crippen molar-refractivity contribution < 1.29 is 14.3 Å². The number of halogens is 1. The molecule has 0 bridgehead atoms. The van der Waals surface area contributed by atoms with Gasteiger partial charge in [0.25, 0.3) is 5.56 Å². The summed E-state index contributed by atoms with van der Waals surface area (Å²) in [6, 6.07) is 37.6. The maximum absolute atomic E-state index is 14.6. The first-order valence-electron chi connectivity index (χ1n) is 16.4. The van der Waals surface area contributed by atoms with Crippen molar-refractivity contribution in [1.29, 1.82) is 0 Å². The van der Waals surface area contributed by atoms with Gasteiger partial charge in [-0.3, -0.25) is 9.36 Å². The van der Waals surface area contributed by atoms with Crippen LogP contribution in [0.4, 0.5) is 0 Å². The number of esters is 1. The summed E-state index contributed by atoms with van der Waals surface area (Å²) >= 11 is 4.90. The number of ether oxygens (including phenoxy) is 2. The van der Waals surface area contributed by atoms with Crippen LogP contribution in [0.5, 0.6) is 5.75 Å². The lowest BCUT2D eigenvalue weighted by atomic mass is 9.96. The Morgan fingerprint density at radius 3 is 2.18 bits per heavy atom. The van der Waals surface area contributed by atoms with E-state index in [0.717, 1.165) is 43.8 Å². The number of nitrogens with zero attached hydrogens (tertiary/aromatic N) is 3. The number of carbonyl (C=O) groups excluding carboxylic acids is 1. The van der Waals surface area contributed by atoms with Crippen LogP contribution < -0.4 is 19.6 Å². The SMILES string of the molecule is CCOC(=O)C1=C(C)N=c2sc(=Cc3cc(-c4ccccc4)n(-c4ccc(Br)cc4)c3-c3ccccc3)c(=O)n2C1c1ccc(OCC)cc1. The predicted octanol–water partition coefficient (Wildman–Crippen LogP) is 8.08. The number of carbonyl (C=O) groups is 1. The zero-order chi connectivity index (χ0) is 34.8. The molecule has 2 aromatic heterocycles. The molecule has 1 unspecified atom stereocenters. The zero-order valence-electron chi connectivity index (χ0n) is 27.8. The molecule has 0 aliphatic carbocycles. The summed E-state index contributed by atoms with van der Waals surface area (Å²) in [5.74, 6) is 0.215. The van der Waals surface area contributed by atoms with Gasteiger partial charge in [0.05, 0.1) is 46.4 Å². The van der Waals surface area contributed by atoms with Gasteiger partial charge in [-0.1, -0.05) is 100 Å². The molecule has 3 heterocycles. The first-order chi connectivity index (χ1) is 24.4. The van der Waals surface area contributed by atoms with Crippen LogP contribution in [-0.2, 0) is 9.53 Å². The maximum Gasteiger partial charge on any atom is 0.338 e. The second-order valence-electron chi connectivity index (χ2n) is 11.7. The van der Waals surface area contributed by atoms with E-state index in [0.29, 0.717) is 33.0 Å². The largest absolute Gasteiger partial charge is 0.494 e. The third-order valence-corrected chi connectivity index (χ3v) is 10.1. The van der Waals surface area contributed by atoms with Crippen molar-refractivity contribution in [3.8, 4) is 34.0 Å². The molecule has 0 saturated carbocycles. The standard InChI is InChI=1S/C41H34BrN3O4S/c1-4-48-33-22-16-29(17-23-33)38-36(40(47)49-5-2)26(3)43-41-45(38)39(46)35(50-41)25-30-24-34(27-12-8-6-9-13-27)44(32-20-18-31(42)19-21-32)37(30)28-14-10-7-11-15-28/h6-25,38H,4-5H2,1-3H3. The second kappa shape index (κ2) is 14.3. The van der Waals surface area contributed by atoms with Crippen molar-refractivity contribution in [2.75, 3.05) is 13.2 Å². The molecule has 1 aliphatic heterocycles. The molecule has 4 aromatic carbocycles. The van der Waals surface area contributed by atoms with E-state index >= 15 is 0 Å². The van der Waals surface area contributed by atoms with Crippen LogP contribution in [0.25, 0.3) is 34.3 Å². The minimum atomic E-state index is -0.719. The third kappa shape index (κ3) is 6.30. The molecule has 0 fully saturated rings. The fourth-order valence-corrected chi connectivity index (χ4v) is 7.67. The minimum absolute atomic E-state index is 0.206. The highest BCUT2D eigenvalue weighted by atomic mass is 79.9. The number of hydrogen-bond acceptors (Lipinski definition) is 6. The zero-order valence-corrected chi connectivity index (χ0v) is 30.2. The topological polar surface area (TPSA) is 74.8 Å². The van der Waals surface area contributed by atoms with Crippen molar-refractivity contribution >= 4 is 39.3 Å². The summed E-state index contributed by atoms with van der Waals surface area (Å²) in [5, 5.41) is 0. The molecule has 250 valence electrons. The molecular weight excluding hydrogens is 710 g/mol. The smallest absolute Gasteiger partial charge is 0.338 e. The summed E-state index contributed by atoms with van der Waals surface area (Å²) in [6.45, 7) is 6.22. The summed E-state index contributed by atoms with van der Waals surface area (Å²) < 4.78 is 16.5. The third-order valence-electron chi connectivity index (χ3n) is 8.54. The van der Waals surface area contributed by atoms with Crippen LogP contribution in [-0.4, -0.2) is 28.3 Å². The van der Waals surface area contributed by atoms with Gasteiger partial charge in [0.1, 0.15) is 5.75 Å². The van der Waals surface area contributed by atoms with Gasteiger partial charge in [-0.05, 0) is 86.0 Å². The Bertz CT molecular complexity index is 2390. The molecule has 0 N–H and O–H groups in total. The molecule has 0 saturated heterocycles. The van der Waals surface area contributed by atoms with E-state index in [-0.39, 0.29) is 12.2 Å². The molecule has 50 heavy (non-hydrogen) atoms. The van der Waals surface area contributed by atoms with Gasteiger partial charge in [0.2, 0.25) is 0 Å². The second-order valence-corrected chi connectivity index (χ2v) is 13.6. The highest BCUT2D eigenvalue weighted by Gasteiger charge is 2.33. The molecule has 7 rings (SSSR count). The highest BCUT2D eigenvalue weighted by Crippen LogP contribution is 2.37. The van der Waals surface area contributed by atoms with E-state index in [1.807, 2.05) is 85.8 Å². The van der Waals surface area contributed by atoms with Crippen LogP contribution in [0.15, 0.2) is 141 Å². The number of aromatic nitrogens is 2. The average molecular weight is 745 g/mol. The van der Waals surface area contributed by atoms with Gasteiger partial charge in [-0.2, -0.15) is 0 Å². The molecular formula is C41H34BrN3O4S. The number of rotatable bonds is 9. The van der Waals surface area contributed by atoms with Gasteiger partial charge in [-0.15, -0.1) is 0 Å². The first kappa shape index (κ1) is 33.3. The number of benzene rings is 4. The van der Waals surface area contributed by atoms with Gasteiger partial charge < -0.3 is 14.0 Å². The molecule has 9 heteroatoms. The number of fused-ring (bicyclic) bond motifs is 1. The van der Waals surface area contributed by atoms with Crippen LogP contribution >= 0.6 is 27.3 Å². The van der Waals surface area contributed by atoms with E-state index in [4.69, 9.17) is 14.5 Å². The average Bonchev–Trinajstić information content (AvgIpc) is 3.66. The molecule has 1 atom stereocenters. The van der Waals surface area contributed by atoms with Crippen LogP contribution in [0, 0.1) is 0 Å². The van der Waals surface area contributed by atoms with Crippen LogP contribution in [0.1, 0.15) is 37.9 Å². The Kier molecular flexibility index (Phi) is 9.52. The molecule has 1 aliphatic rings.